The summed E-state index contributed by atoms with van der Waals surface area (Å²) in [6, 6.07) is 5.96. The minimum Gasteiger partial charge on any atom is -0.478 e. The number of carboxylic acids is 1. The molecular weight excluding hydrogens is 346 g/mol. The van der Waals surface area contributed by atoms with E-state index in [0.717, 1.165) is 49.4 Å². The largest absolute Gasteiger partial charge is 0.478 e. The van der Waals surface area contributed by atoms with Crippen LogP contribution in [0.2, 0.25) is 0 Å². The first-order valence-electron chi connectivity index (χ1n) is 9.37. The molecule has 1 atom stereocenters. The number of hydrogen-bond donors (Lipinski definition) is 3. The van der Waals surface area contributed by atoms with E-state index in [0.29, 0.717) is 6.54 Å². The van der Waals surface area contributed by atoms with Gasteiger partial charge < -0.3 is 20.3 Å². The Bertz CT molecular complexity index is 800. The lowest BCUT2D eigenvalue weighted by Gasteiger charge is -2.18. The van der Waals surface area contributed by atoms with Gasteiger partial charge in [0.25, 0.3) is 0 Å². The Morgan fingerprint density at radius 2 is 1.96 bits per heavy atom. The maximum Gasteiger partial charge on any atom is 0.335 e. The van der Waals surface area contributed by atoms with E-state index >= 15 is 0 Å². The van der Waals surface area contributed by atoms with Crippen LogP contribution >= 0.6 is 0 Å². The zero-order valence-corrected chi connectivity index (χ0v) is 15.4. The van der Waals surface area contributed by atoms with Crippen LogP contribution in [-0.4, -0.2) is 31.9 Å². The number of aromatic nitrogens is 3. The Balaban J connectivity index is 1.59. The van der Waals surface area contributed by atoms with Gasteiger partial charge >= 0.3 is 12.0 Å². The van der Waals surface area contributed by atoms with Gasteiger partial charge in [-0.15, -0.1) is 10.2 Å². The molecule has 8 heteroatoms. The minimum atomic E-state index is -0.967. The Kier molecular flexibility index (Phi) is 6.05. The van der Waals surface area contributed by atoms with Crippen LogP contribution in [0.4, 0.5) is 4.79 Å². The van der Waals surface area contributed by atoms with Crippen molar-refractivity contribution in [1.29, 1.82) is 0 Å². The van der Waals surface area contributed by atoms with Gasteiger partial charge in [-0.05, 0) is 37.0 Å². The molecule has 0 aliphatic carbocycles. The van der Waals surface area contributed by atoms with E-state index in [1.807, 2.05) is 6.92 Å². The highest BCUT2D eigenvalue weighted by atomic mass is 16.4. The lowest BCUT2D eigenvalue weighted by Crippen LogP contribution is -2.38. The average Bonchev–Trinajstić information content (AvgIpc) is 2.92. The first kappa shape index (κ1) is 18.9. The van der Waals surface area contributed by atoms with Gasteiger partial charge in [-0.2, -0.15) is 0 Å². The monoisotopic (exact) mass is 371 g/mol. The number of rotatable bonds is 6. The number of carbonyl (C=O) groups excluding carboxylic acids is 1. The van der Waals surface area contributed by atoms with Gasteiger partial charge in [0.15, 0.2) is 5.82 Å². The van der Waals surface area contributed by atoms with Gasteiger partial charge in [0.2, 0.25) is 0 Å². The van der Waals surface area contributed by atoms with E-state index in [-0.39, 0.29) is 17.6 Å². The Hall–Kier alpha value is -2.90. The highest BCUT2D eigenvalue weighted by Crippen LogP contribution is 2.20. The lowest BCUT2D eigenvalue weighted by molar-refractivity contribution is 0.0697. The highest BCUT2D eigenvalue weighted by Gasteiger charge is 2.22. The van der Waals surface area contributed by atoms with Crippen molar-refractivity contribution >= 4 is 12.0 Å². The summed E-state index contributed by atoms with van der Waals surface area (Å²) >= 11 is 0. The van der Waals surface area contributed by atoms with Crippen molar-refractivity contribution < 1.29 is 14.7 Å². The number of urea groups is 1. The van der Waals surface area contributed by atoms with E-state index in [1.54, 1.807) is 12.1 Å². The second-order valence-electron chi connectivity index (χ2n) is 6.73. The van der Waals surface area contributed by atoms with Crippen molar-refractivity contribution in [2.45, 2.75) is 58.2 Å². The summed E-state index contributed by atoms with van der Waals surface area (Å²) in [6.45, 7) is 3.22. The summed E-state index contributed by atoms with van der Waals surface area (Å²) in [5.74, 6) is 0.850. The van der Waals surface area contributed by atoms with E-state index in [2.05, 4.69) is 25.4 Å². The number of aromatic carboxylic acids is 1. The quantitative estimate of drug-likeness (QED) is 0.723. The number of fused-ring (bicyclic) bond motifs is 1. The maximum absolute atomic E-state index is 12.3. The van der Waals surface area contributed by atoms with Gasteiger partial charge in [0, 0.05) is 19.5 Å². The van der Waals surface area contributed by atoms with Crippen LogP contribution in [0.3, 0.4) is 0 Å². The second-order valence-corrected chi connectivity index (χ2v) is 6.73. The highest BCUT2D eigenvalue weighted by molar-refractivity contribution is 5.87. The van der Waals surface area contributed by atoms with Crippen LogP contribution in [0.25, 0.3) is 0 Å². The van der Waals surface area contributed by atoms with Gasteiger partial charge in [0.05, 0.1) is 11.6 Å². The molecule has 1 aromatic carbocycles. The lowest BCUT2D eigenvalue weighted by atomic mass is 10.1. The van der Waals surface area contributed by atoms with Crippen molar-refractivity contribution in [2.75, 3.05) is 0 Å². The molecule has 0 saturated heterocycles. The van der Waals surface area contributed by atoms with E-state index in [4.69, 9.17) is 5.11 Å². The molecule has 2 amide bonds. The number of hydrogen-bond acceptors (Lipinski definition) is 4. The Labute approximate surface area is 158 Å². The molecule has 0 bridgehead atoms. The van der Waals surface area contributed by atoms with Gasteiger partial charge in [-0.1, -0.05) is 25.5 Å². The normalized spacial score (nSPS) is 14.7. The molecule has 0 saturated carbocycles. The summed E-state index contributed by atoms with van der Waals surface area (Å²) in [5, 5.41) is 23.3. The van der Waals surface area contributed by atoms with Crippen LogP contribution in [0, 0.1) is 0 Å². The number of nitrogens with one attached hydrogen (secondary N) is 2. The first-order chi connectivity index (χ1) is 13.1. The summed E-state index contributed by atoms with van der Waals surface area (Å²) in [6.07, 6.45) is 5.07. The summed E-state index contributed by atoms with van der Waals surface area (Å²) in [5.41, 5.74) is 1.06. The fourth-order valence-electron chi connectivity index (χ4n) is 3.27. The van der Waals surface area contributed by atoms with Crippen LogP contribution in [0.15, 0.2) is 24.3 Å². The van der Waals surface area contributed by atoms with Crippen LogP contribution in [0.5, 0.6) is 0 Å². The molecule has 2 aromatic rings. The van der Waals surface area contributed by atoms with Crippen molar-refractivity contribution in [2.24, 2.45) is 0 Å². The average molecular weight is 371 g/mol. The molecule has 1 aromatic heterocycles. The molecule has 3 N–H and O–H groups in total. The molecule has 1 aliphatic rings. The van der Waals surface area contributed by atoms with Crippen molar-refractivity contribution in [3.63, 3.8) is 0 Å². The smallest absolute Gasteiger partial charge is 0.335 e. The topological polar surface area (TPSA) is 109 Å². The Morgan fingerprint density at radius 1 is 1.19 bits per heavy atom. The second kappa shape index (κ2) is 8.66. The summed E-state index contributed by atoms with van der Waals surface area (Å²) < 4.78 is 2.14. The zero-order chi connectivity index (χ0) is 19.2. The molecule has 27 heavy (non-hydrogen) atoms. The first-order valence-corrected chi connectivity index (χ1v) is 9.37. The summed E-state index contributed by atoms with van der Waals surface area (Å²) in [7, 11) is 0. The van der Waals surface area contributed by atoms with Crippen molar-refractivity contribution in [3.8, 4) is 0 Å². The predicted octanol–water partition coefficient (Wildman–Crippen LogP) is 2.65. The molecule has 1 aliphatic heterocycles. The number of carbonyl (C=O) groups is 2. The van der Waals surface area contributed by atoms with E-state index in [9.17, 15) is 9.59 Å². The molecule has 0 spiro atoms. The van der Waals surface area contributed by atoms with Crippen molar-refractivity contribution in [3.05, 3.63) is 47.0 Å². The molecule has 8 nitrogen and oxygen atoms in total. The molecule has 1 unspecified atom stereocenters. The van der Waals surface area contributed by atoms with E-state index in [1.165, 1.54) is 18.6 Å². The maximum atomic E-state index is 12.3. The third kappa shape index (κ3) is 4.64. The fourth-order valence-corrected chi connectivity index (χ4v) is 3.27. The SMILES string of the molecule is CCC(NC(=O)NCc1ccc(C(=O)O)cc1)c1nnc2n1CCCCC2. The number of benzene rings is 1. The number of aryl methyl sites for hydroxylation is 1. The Morgan fingerprint density at radius 3 is 2.67 bits per heavy atom. The van der Waals surface area contributed by atoms with Gasteiger partial charge in [-0.25, -0.2) is 9.59 Å². The van der Waals surface area contributed by atoms with E-state index < -0.39 is 5.97 Å². The number of carboxylic acid groups (broad SMARTS) is 1. The molecule has 2 heterocycles. The van der Waals surface area contributed by atoms with Gasteiger partial charge in [-0.3, -0.25) is 0 Å². The van der Waals surface area contributed by atoms with Crippen LogP contribution in [0.1, 0.15) is 66.2 Å². The fraction of sp³-hybridized carbons (Fsp3) is 0.474. The van der Waals surface area contributed by atoms with Crippen LogP contribution < -0.4 is 10.6 Å². The third-order valence-electron chi connectivity index (χ3n) is 4.82. The standard InChI is InChI=1S/C19H25N5O3/c1-2-15(17-23-22-16-6-4-3-5-11-24(16)17)21-19(27)20-12-13-7-9-14(10-8-13)18(25)26/h7-10,15H,2-6,11-12H2,1H3,(H,25,26)(H2,20,21,27). The minimum absolute atomic E-state index is 0.196. The number of amides is 2. The predicted molar refractivity (Wildman–Crippen MR) is 99.4 cm³/mol. The van der Waals surface area contributed by atoms with Crippen LogP contribution in [-0.2, 0) is 19.5 Å². The summed E-state index contributed by atoms with van der Waals surface area (Å²) in [4.78, 5) is 23.2. The molecule has 0 fully saturated rings. The molecule has 3 rings (SSSR count). The number of nitrogens with zero attached hydrogens (tertiary/aromatic N) is 3. The van der Waals surface area contributed by atoms with Gasteiger partial charge in [0.1, 0.15) is 5.82 Å². The molecular formula is C19H25N5O3. The van der Waals surface area contributed by atoms with Crippen molar-refractivity contribution in [1.82, 2.24) is 25.4 Å². The molecule has 144 valence electrons. The molecule has 0 radical (unpaired) electrons. The zero-order valence-electron chi connectivity index (χ0n) is 15.4. The third-order valence-corrected chi connectivity index (χ3v) is 4.82.